The van der Waals surface area contributed by atoms with Crippen LogP contribution in [-0.2, 0) is 9.59 Å². The maximum atomic E-state index is 13.2. The van der Waals surface area contributed by atoms with Crippen molar-refractivity contribution in [3.05, 3.63) is 24.3 Å². The van der Waals surface area contributed by atoms with Gasteiger partial charge in [-0.2, -0.15) is 0 Å². The molecule has 0 spiro atoms. The van der Waals surface area contributed by atoms with Gasteiger partial charge in [0.2, 0.25) is 11.8 Å². The molecule has 0 aromatic heterocycles. The number of rotatable bonds is 36. The van der Waals surface area contributed by atoms with E-state index in [1.54, 1.807) is 0 Å². The van der Waals surface area contributed by atoms with E-state index in [1.165, 1.54) is 77.0 Å². The van der Waals surface area contributed by atoms with Crippen molar-refractivity contribution in [2.45, 2.75) is 167 Å². The van der Waals surface area contributed by atoms with Crippen molar-refractivity contribution in [2.24, 2.45) is 22.9 Å². The lowest BCUT2D eigenvalue weighted by Crippen LogP contribution is -2.45. The first kappa shape index (κ1) is 61.4. The minimum Gasteiger partial charge on any atom is -0.492 e. The van der Waals surface area contributed by atoms with Gasteiger partial charge in [-0.25, -0.2) is 0 Å². The number of carbonyl (C=O) groups excluding carboxylic acids is 2. The van der Waals surface area contributed by atoms with E-state index in [9.17, 15) is 9.59 Å². The Balaban J connectivity index is -0.00000338. The molecule has 0 saturated heterocycles. The Bertz CT molecular complexity index is 926. The summed E-state index contributed by atoms with van der Waals surface area (Å²) in [5.74, 6) is 1.43. The minimum absolute atomic E-state index is 0. The molecule has 0 aliphatic rings. The van der Waals surface area contributed by atoms with Gasteiger partial charge in [0.1, 0.15) is 24.7 Å². The first-order valence-electron chi connectivity index (χ1n) is 21.2. The van der Waals surface area contributed by atoms with Crippen LogP contribution in [0.2, 0.25) is 0 Å². The normalized spacial score (nSPS) is 11.5. The van der Waals surface area contributed by atoms with E-state index in [0.29, 0.717) is 76.8 Å². The average Bonchev–Trinajstić information content (AvgIpc) is 3.15. The number of nitrogens with zero attached hydrogens (tertiary/aromatic N) is 2. The van der Waals surface area contributed by atoms with Gasteiger partial charge in [0.25, 0.3) is 0 Å². The van der Waals surface area contributed by atoms with E-state index in [4.69, 9.17) is 32.4 Å². The second-order valence-electron chi connectivity index (χ2n) is 14.6. The smallest absolute Gasteiger partial charge is 0.239 e. The SMILES string of the molecule is CCCCCCCCCCN(CCOc1ccc(OCCN(CCCCCCCCCC)C(=O)[C@@H](N)CCCCN)cc1)C(=O)[C@@H](N)CCCCN.Cl.Cl.Cl.Cl. The van der Waals surface area contributed by atoms with Crippen LogP contribution in [0, 0.1) is 0 Å². The van der Waals surface area contributed by atoms with E-state index < -0.39 is 12.1 Å². The maximum Gasteiger partial charge on any atom is 0.239 e. The van der Waals surface area contributed by atoms with Crippen LogP contribution < -0.4 is 32.4 Å². The molecule has 8 N–H and O–H groups in total. The number of unbranched alkanes of at least 4 members (excludes halogenated alkanes) is 16. The van der Waals surface area contributed by atoms with Gasteiger partial charge < -0.3 is 42.2 Å². The van der Waals surface area contributed by atoms with Crippen LogP contribution in [0.15, 0.2) is 24.3 Å². The highest BCUT2D eigenvalue weighted by atomic mass is 35.5. The fraction of sp³-hybridized carbons (Fsp3) is 0.810. The Morgan fingerprint density at radius 3 is 1.09 bits per heavy atom. The molecule has 0 bridgehead atoms. The zero-order chi connectivity index (χ0) is 38.1. The molecule has 1 aromatic rings. The summed E-state index contributed by atoms with van der Waals surface area (Å²) in [4.78, 5) is 30.2. The van der Waals surface area contributed by atoms with Crippen LogP contribution in [0.1, 0.15) is 155 Å². The topological polar surface area (TPSA) is 163 Å². The molecule has 0 aliphatic heterocycles. The van der Waals surface area contributed by atoms with Crippen molar-refractivity contribution < 1.29 is 19.1 Å². The fourth-order valence-corrected chi connectivity index (χ4v) is 6.45. The summed E-state index contributed by atoms with van der Waals surface area (Å²) < 4.78 is 12.1. The van der Waals surface area contributed by atoms with Crippen LogP contribution >= 0.6 is 49.6 Å². The Hall–Kier alpha value is -1.24. The number of hydrogen-bond donors (Lipinski definition) is 4. The molecule has 56 heavy (non-hydrogen) atoms. The fourth-order valence-electron chi connectivity index (χ4n) is 6.45. The van der Waals surface area contributed by atoms with Crippen LogP contribution in [0.4, 0.5) is 0 Å². The van der Waals surface area contributed by atoms with Gasteiger partial charge in [0.15, 0.2) is 0 Å². The Morgan fingerprint density at radius 2 is 0.786 bits per heavy atom. The number of nitrogens with two attached hydrogens (primary N) is 4. The molecule has 0 unspecified atom stereocenters. The van der Waals surface area contributed by atoms with Crippen molar-refractivity contribution in [3.8, 4) is 11.5 Å². The van der Waals surface area contributed by atoms with Gasteiger partial charge in [-0.3, -0.25) is 9.59 Å². The summed E-state index contributed by atoms with van der Waals surface area (Å²) >= 11 is 0. The van der Waals surface area contributed by atoms with Crippen molar-refractivity contribution in [1.29, 1.82) is 0 Å². The molecule has 1 rings (SSSR count). The molecule has 2 atom stereocenters. The van der Waals surface area contributed by atoms with Crippen LogP contribution in [0.25, 0.3) is 0 Å². The molecule has 14 heteroatoms. The molecular weight excluding hydrogens is 794 g/mol. The van der Waals surface area contributed by atoms with Crippen molar-refractivity contribution in [3.63, 3.8) is 0 Å². The van der Waals surface area contributed by atoms with E-state index in [0.717, 1.165) is 51.4 Å². The monoisotopic (exact) mass is 877 g/mol. The van der Waals surface area contributed by atoms with Crippen molar-refractivity contribution >= 4 is 61.4 Å². The standard InChI is InChI=1S/C42H80N6O4.4ClH/c1-3-5-7-9-11-13-15-21-31-47(41(49)39(45)23-17-19-29-43)33-35-51-37-25-27-38(28-26-37)52-36-34-48(42(50)40(46)24-18-20-30-44)32-22-16-14-12-10-8-6-4-2;;;;/h25-28,39-40H,3-24,29-36,43-46H2,1-2H3;4*1H/t39-,40-;;;;/m0..../s1. The second kappa shape index (κ2) is 43.3. The molecule has 2 amide bonds. The van der Waals surface area contributed by atoms with Gasteiger partial charge >= 0.3 is 0 Å². The second-order valence-corrected chi connectivity index (χ2v) is 14.6. The zero-order valence-corrected chi connectivity index (χ0v) is 38.4. The zero-order valence-electron chi connectivity index (χ0n) is 35.1. The van der Waals surface area contributed by atoms with E-state index in [-0.39, 0.29) is 61.4 Å². The number of hydrogen-bond acceptors (Lipinski definition) is 8. The molecule has 0 radical (unpaired) electrons. The summed E-state index contributed by atoms with van der Waals surface area (Å²) in [6.07, 6.45) is 24.2. The highest BCUT2D eigenvalue weighted by molar-refractivity contribution is 5.86. The molecule has 10 nitrogen and oxygen atoms in total. The predicted octanol–water partition coefficient (Wildman–Crippen LogP) is 8.98. The van der Waals surface area contributed by atoms with Gasteiger partial charge in [-0.15, -0.1) is 49.6 Å². The summed E-state index contributed by atoms with van der Waals surface area (Å²) in [5.41, 5.74) is 23.9. The third kappa shape index (κ3) is 31.7. The molecule has 0 fully saturated rings. The summed E-state index contributed by atoms with van der Waals surface area (Å²) in [6.45, 7) is 8.88. The van der Waals surface area contributed by atoms with Gasteiger partial charge in [0, 0.05) is 13.1 Å². The first-order chi connectivity index (χ1) is 25.4. The molecule has 0 aliphatic carbocycles. The van der Waals surface area contributed by atoms with Crippen LogP contribution in [0.5, 0.6) is 11.5 Å². The molecule has 334 valence electrons. The number of benzene rings is 1. The minimum atomic E-state index is -0.504. The van der Waals surface area contributed by atoms with E-state index in [1.807, 2.05) is 34.1 Å². The number of amides is 2. The molecule has 1 aromatic carbocycles. The van der Waals surface area contributed by atoms with Gasteiger partial charge in [-0.1, -0.05) is 117 Å². The summed E-state index contributed by atoms with van der Waals surface area (Å²) in [6, 6.07) is 6.53. The van der Waals surface area contributed by atoms with Crippen LogP contribution in [-0.4, -0.2) is 86.2 Å². The third-order valence-electron chi connectivity index (χ3n) is 9.84. The van der Waals surface area contributed by atoms with Gasteiger partial charge in [-0.05, 0) is 75.9 Å². The highest BCUT2D eigenvalue weighted by Crippen LogP contribution is 2.18. The summed E-state index contributed by atoms with van der Waals surface area (Å²) in [5, 5.41) is 0. The quantitative estimate of drug-likeness (QED) is 0.0486. The molecular formula is C42H84Cl4N6O4. The predicted molar refractivity (Wildman–Crippen MR) is 247 cm³/mol. The Labute approximate surface area is 367 Å². The lowest BCUT2D eigenvalue weighted by Gasteiger charge is -2.26. The third-order valence-corrected chi connectivity index (χ3v) is 9.84. The first-order valence-corrected chi connectivity index (χ1v) is 21.2. The lowest BCUT2D eigenvalue weighted by atomic mass is 10.1. The van der Waals surface area contributed by atoms with Crippen molar-refractivity contribution in [1.82, 2.24) is 9.80 Å². The summed E-state index contributed by atoms with van der Waals surface area (Å²) in [7, 11) is 0. The van der Waals surface area contributed by atoms with Gasteiger partial charge in [0.05, 0.1) is 25.2 Å². The highest BCUT2D eigenvalue weighted by Gasteiger charge is 2.22. The molecule has 0 saturated carbocycles. The number of halogens is 4. The van der Waals surface area contributed by atoms with Crippen molar-refractivity contribution in [2.75, 3.05) is 52.5 Å². The largest absolute Gasteiger partial charge is 0.492 e. The van der Waals surface area contributed by atoms with E-state index in [2.05, 4.69) is 13.8 Å². The number of ether oxygens (including phenoxy) is 2. The van der Waals surface area contributed by atoms with Crippen LogP contribution in [0.3, 0.4) is 0 Å². The maximum absolute atomic E-state index is 13.2. The Kier molecular flexibility index (Phi) is 47.5. The molecule has 0 heterocycles. The van der Waals surface area contributed by atoms with E-state index >= 15 is 0 Å². The number of carbonyl (C=O) groups is 2. The Morgan fingerprint density at radius 1 is 0.482 bits per heavy atom. The average molecular weight is 879 g/mol. The lowest BCUT2D eigenvalue weighted by molar-refractivity contribution is -0.134.